The highest BCUT2D eigenvalue weighted by Crippen LogP contribution is 2.13. The number of ether oxygens (including phenoxy) is 1. The van der Waals surface area contributed by atoms with E-state index in [2.05, 4.69) is 4.98 Å². The molecule has 0 atom stereocenters. The zero-order valence-corrected chi connectivity index (χ0v) is 9.96. The molecule has 2 rings (SSSR count). The maximum absolute atomic E-state index is 10.9. The Labute approximate surface area is 105 Å². The second-order valence-electron chi connectivity index (χ2n) is 3.87. The summed E-state index contributed by atoms with van der Waals surface area (Å²) in [6.07, 6.45) is 2.25. The van der Waals surface area contributed by atoms with Crippen molar-refractivity contribution in [1.82, 2.24) is 4.98 Å². The number of aromatic carboxylic acids is 1. The molecule has 0 aliphatic carbocycles. The van der Waals surface area contributed by atoms with Crippen LogP contribution in [0.1, 0.15) is 21.6 Å². The highest BCUT2D eigenvalue weighted by molar-refractivity contribution is 5.87. The molecule has 0 aliphatic heterocycles. The molecule has 4 nitrogen and oxygen atoms in total. The minimum absolute atomic E-state index is 0.293. The summed E-state index contributed by atoms with van der Waals surface area (Å²) in [5, 5.41) is 8.91. The average Bonchev–Trinajstić information content (AvgIpc) is 2.40. The van der Waals surface area contributed by atoms with Crippen molar-refractivity contribution in [2.45, 2.75) is 6.42 Å². The molecular formula is C14H13NO3. The molecule has 92 valence electrons. The minimum Gasteiger partial charge on any atom is -0.495 e. The van der Waals surface area contributed by atoms with Crippen LogP contribution < -0.4 is 4.74 Å². The van der Waals surface area contributed by atoms with Gasteiger partial charge in [0.1, 0.15) is 5.75 Å². The lowest BCUT2D eigenvalue weighted by atomic mass is 10.1. The first-order chi connectivity index (χ1) is 8.69. The van der Waals surface area contributed by atoms with Crippen LogP contribution in [0.25, 0.3) is 0 Å². The van der Waals surface area contributed by atoms with Gasteiger partial charge in [0.25, 0.3) is 0 Å². The first-order valence-corrected chi connectivity index (χ1v) is 5.50. The van der Waals surface area contributed by atoms with Crippen LogP contribution in [-0.4, -0.2) is 23.2 Å². The molecule has 0 radical (unpaired) electrons. The molecule has 0 spiro atoms. The molecule has 0 aliphatic rings. The van der Waals surface area contributed by atoms with E-state index in [1.165, 1.54) is 0 Å². The molecule has 1 aromatic carbocycles. The van der Waals surface area contributed by atoms with Gasteiger partial charge in [-0.3, -0.25) is 4.98 Å². The van der Waals surface area contributed by atoms with Crippen LogP contribution in [0.3, 0.4) is 0 Å². The van der Waals surface area contributed by atoms with Crippen molar-refractivity contribution >= 4 is 5.97 Å². The fraction of sp³-hybridized carbons (Fsp3) is 0.143. The average molecular weight is 243 g/mol. The summed E-state index contributed by atoms with van der Waals surface area (Å²) in [5.41, 5.74) is 2.09. The van der Waals surface area contributed by atoms with E-state index in [-0.39, 0.29) is 0 Å². The molecular weight excluding hydrogens is 230 g/mol. The molecule has 0 bridgehead atoms. The van der Waals surface area contributed by atoms with Gasteiger partial charge in [0, 0.05) is 12.1 Å². The number of carboxylic acid groups (broad SMARTS) is 1. The molecule has 1 aromatic heterocycles. The Balaban J connectivity index is 2.17. The maximum Gasteiger partial charge on any atom is 0.335 e. The van der Waals surface area contributed by atoms with Crippen molar-refractivity contribution in [3.05, 3.63) is 59.4 Å². The van der Waals surface area contributed by atoms with Crippen molar-refractivity contribution in [3.8, 4) is 5.75 Å². The first kappa shape index (κ1) is 12.1. The Bertz CT molecular complexity index is 549. The third-order valence-corrected chi connectivity index (χ3v) is 2.59. The summed E-state index contributed by atoms with van der Waals surface area (Å²) in [6, 6.07) is 10.6. The number of methoxy groups -OCH3 is 1. The Morgan fingerprint density at radius 1 is 1.33 bits per heavy atom. The van der Waals surface area contributed by atoms with Crippen molar-refractivity contribution in [1.29, 1.82) is 0 Å². The number of pyridine rings is 1. The Morgan fingerprint density at radius 3 is 2.78 bits per heavy atom. The number of hydrogen-bond acceptors (Lipinski definition) is 3. The topological polar surface area (TPSA) is 59.4 Å². The lowest BCUT2D eigenvalue weighted by molar-refractivity contribution is 0.0697. The number of hydrogen-bond donors (Lipinski definition) is 1. The zero-order valence-electron chi connectivity index (χ0n) is 9.96. The second-order valence-corrected chi connectivity index (χ2v) is 3.87. The summed E-state index contributed by atoms with van der Waals surface area (Å²) in [6.45, 7) is 0. The number of nitrogens with zero attached hydrogens (tertiary/aromatic N) is 1. The van der Waals surface area contributed by atoms with E-state index in [1.807, 2.05) is 18.2 Å². The van der Waals surface area contributed by atoms with E-state index >= 15 is 0 Å². The van der Waals surface area contributed by atoms with Crippen molar-refractivity contribution in [3.63, 3.8) is 0 Å². The fourth-order valence-electron chi connectivity index (χ4n) is 1.66. The van der Waals surface area contributed by atoms with Gasteiger partial charge in [-0.2, -0.15) is 0 Å². The molecule has 1 heterocycles. The standard InChI is InChI=1S/C14H13NO3/c1-18-13-6-5-12(15-9-13)8-10-3-2-4-11(7-10)14(16)17/h2-7,9H,8H2,1H3,(H,16,17). The van der Waals surface area contributed by atoms with Crippen LogP contribution in [0.2, 0.25) is 0 Å². The third kappa shape index (κ3) is 2.85. The molecule has 0 saturated carbocycles. The van der Waals surface area contributed by atoms with E-state index in [0.29, 0.717) is 17.7 Å². The molecule has 0 saturated heterocycles. The number of benzene rings is 1. The van der Waals surface area contributed by atoms with Gasteiger partial charge in [-0.25, -0.2) is 4.79 Å². The summed E-state index contributed by atoms with van der Waals surface area (Å²) < 4.78 is 5.03. The highest BCUT2D eigenvalue weighted by Gasteiger charge is 2.04. The Kier molecular flexibility index (Phi) is 3.57. The van der Waals surface area contributed by atoms with Crippen molar-refractivity contribution in [2.75, 3.05) is 7.11 Å². The predicted octanol–water partition coefficient (Wildman–Crippen LogP) is 2.38. The lowest BCUT2D eigenvalue weighted by Crippen LogP contribution is -1.98. The van der Waals surface area contributed by atoms with Gasteiger partial charge in [-0.05, 0) is 29.8 Å². The van der Waals surface area contributed by atoms with E-state index in [4.69, 9.17) is 9.84 Å². The SMILES string of the molecule is COc1ccc(Cc2cccc(C(=O)O)c2)nc1. The molecule has 2 aromatic rings. The van der Waals surface area contributed by atoms with Crippen molar-refractivity contribution in [2.24, 2.45) is 0 Å². The summed E-state index contributed by atoms with van der Waals surface area (Å²) in [5.74, 6) is -0.211. The van der Waals surface area contributed by atoms with Crippen LogP contribution in [0.5, 0.6) is 5.75 Å². The van der Waals surface area contributed by atoms with Gasteiger partial charge in [0.2, 0.25) is 0 Å². The quantitative estimate of drug-likeness (QED) is 0.895. The van der Waals surface area contributed by atoms with Gasteiger partial charge >= 0.3 is 5.97 Å². The van der Waals surface area contributed by atoms with E-state index in [1.54, 1.807) is 31.5 Å². The van der Waals surface area contributed by atoms with Crippen molar-refractivity contribution < 1.29 is 14.6 Å². The van der Waals surface area contributed by atoms with Crippen LogP contribution >= 0.6 is 0 Å². The normalized spacial score (nSPS) is 10.1. The Morgan fingerprint density at radius 2 is 2.17 bits per heavy atom. The fourth-order valence-corrected chi connectivity index (χ4v) is 1.66. The predicted molar refractivity (Wildman–Crippen MR) is 67.0 cm³/mol. The molecule has 4 heteroatoms. The second kappa shape index (κ2) is 5.31. The number of carbonyl (C=O) groups is 1. The van der Waals surface area contributed by atoms with Gasteiger partial charge < -0.3 is 9.84 Å². The van der Waals surface area contributed by atoms with Gasteiger partial charge in [0.05, 0.1) is 18.9 Å². The largest absolute Gasteiger partial charge is 0.495 e. The number of carboxylic acids is 1. The molecule has 18 heavy (non-hydrogen) atoms. The van der Waals surface area contributed by atoms with Gasteiger partial charge in [-0.1, -0.05) is 12.1 Å². The monoisotopic (exact) mass is 243 g/mol. The van der Waals surface area contributed by atoms with Crippen LogP contribution in [0.4, 0.5) is 0 Å². The molecule has 0 amide bonds. The zero-order chi connectivity index (χ0) is 13.0. The molecule has 0 unspecified atom stereocenters. The maximum atomic E-state index is 10.9. The van der Waals surface area contributed by atoms with Crippen LogP contribution in [0.15, 0.2) is 42.6 Å². The Hall–Kier alpha value is -2.36. The van der Waals surface area contributed by atoms with Gasteiger partial charge in [-0.15, -0.1) is 0 Å². The van der Waals surface area contributed by atoms with Crippen LogP contribution in [0, 0.1) is 0 Å². The highest BCUT2D eigenvalue weighted by atomic mass is 16.5. The smallest absolute Gasteiger partial charge is 0.335 e. The number of aromatic nitrogens is 1. The third-order valence-electron chi connectivity index (χ3n) is 2.59. The first-order valence-electron chi connectivity index (χ1n) is 5.50. The molecule has 0 fully saturated rings. The van der Waals surface area contributed by atoms with Crippen LogP contribution in [-0.2, 0) is 6.42 Å². The molecule has 1 N–H and O–H groups in total. The van der Waals surface area contributed by atoms with E-state index < -0.39 is 5.97 Å². The summed E-state index contributed by atoms with van der Waals surface area (Å²) >= 11 is 0. The summed E-state index contributed by atoms with van der Waals surface area (Å²) in [7, 11) is 1.59. The lowest BCUT2D eigenvalue weighted by Gasteiger charge is -2.04. The minimum atomic E-state index is -0.917. The number of rotatable bonds is 4. The van der Waals surface area contributed by atoms with E-state index in [9.17, 15) is 4.79 Å². The van der Waals surface area contributed by atoms with Gasteiger partial charge in [0.15, 0.2) is 0 Å². The summed E-state index contributed by atoms with van der Waals surface area (Å²) in [4.78, 5) is 15.1. The van der Waals surface area contributed by atoms with E-state index in [0.717, 1.165) is 11.3 Å².